The van der Waals surface area contributed by atoms with E-state index in [9.17, 15) is 14.4 Å². The summed E-state index contributed by atoms with van der Waals surface area (Å²) in [5.74, 6) is 0.105. The van der Waals surface area contributed by atoms with Crippen molar-refractivity contribution in [3.8, 4) is 0 Å². The van der Waals surface area contributed by atoms with Crippen LogP contribution < -0.4 is 0 Å². The Labute approximate surface area is 301 Å². The zero-order valence-corrected chi connectivity index (χ0v) is 32.0. The Kier molecular flexibility index (Phi) is 14.8. The van der Waals surface area contributed by atoms with E-state index in [4.69, 9.17) is 16.3 Å². The highest BCUT2D eigenvalue weighted by Crippen LogP contribution is 2.39. The quantitative estimate of drug-likeness (QED) is 0.349. The van der Waals surface area contributed by atoms with E-state index >= 15 is 0 Å². The van der Waals surface area contributed by atoms with E-state index in [0.717, 1.165) is 89.5 Å². The van der Waals surface area contributed by atoms with E-state index < -0.39 is 6.04 Å². The summed E-state index contributed by atoms with van der Waals surface area (Å²) < 4.78 is 4.94. The van der Waals surface area contributed by atoms with Gasteiger partial charge in [-0.1, -0.05) is 50.6 Å². The number of benzene rings is 1. The predicted octanol–water partition coefficient (Wildman–Crippen LogP) is 5.80. The molecule has 1 aromatic rings. The topological polar surface area (TPSA) is 76.6 Å². The second-order valence-corrected chi connectivity index (χ2v) is 16.8. The fourth-order valence-corrected chi connectivity index (χ4v) is 8.03. The highest BCUT2D eigenvalue weighted by atomic mass is 35.5. The van der Waals surface area contributed by atoms with Crippen LogP contribution in [0.3, 0.4) is 0 Å². The van der Waals surface area contributed by atoms with Crippen molar-refractivity contribution in [1.29, 1.82) is 0 Å². The summed E-state index contributed by atoms with van der Waals surface area (Å²) in [4.78, 5) is 50.8. The fraction of sp³-hybridized carbons (Fsp3) is 0.769. The average molecular weight is 702 g/mol. The Balaban J connectivity index is 0.000000376. The summed E-state index contributed by atoms with van der Waals surface area (Å²) in [6.45, 7) is 21.7. The SMILES string of the molecule is C1CCOC1.CCN1CCN(C(=O)C2CC(N(C=O)C3CCC(C)(C)CC3)CN2C(=O)C2CCN(C(C)(C)C)C2)CC1.Clc1ccccc1. The molecule has 3 unspecified atom stereocenters. The number of carbonyl (C=O) groups excluding carboxylic acids is 3. The van der Waals surface area contributed by atoms with Gasteiger partial charge in [-0.15, -0.1) is 0 Å². The van der Waals surface area contributed by atoms with Gasteiger partial charge in [0.05, 0.1) is 12.0 Å². The molecule has 3 atom stereocenters. The molecule has 3 amide bonds. The lowest BCUT2D eigenvalue weighted by atomic mass is 9.75. The molecule has 5 fully saturated rings. The first kappa shape index (κ1) is 39.6. The van der Waals surface area contributed by atoms with Gasteiger partial charge in [0.15, 0.2) is 0 Å². The molecule has 276 valence electrons. The van der Waals surface area contributed by atoms with Crippen LogP contribution in [-0.2, 0) is 19.1 Å². The number of amides is 3. The first-order chi connectivity index (χ1) is 23.3. The average Bonchev–Trinajstić information content (AvgIpc) is 3.89. The lowest BCUT2D eigenvalue weighted by Crippen LogP contribution is -2.55. The summed E-state index contributed by atoms with van der Waals surface area (Å²) in [5, 5.41) is 0.794. The molecule has 0 bridgehead atoms. The van der Waals surface area contributed by atoms with Crippen LogP contribution >= 0.6 is 11.6 Å². The number of carbonyl (C=O) groups is 3. The number of hydrogen-bond donors (Lipinski definition) is 0. The molecular formula is C39H64ClN5O4. The van der Waals surface area contributed by atoms with Crippen molar-refractivity contribution in [2.75, 3.05) is 65.6 Å². The van der Waals surface area contributed by atoms with Crippen molar-refractivity contribution in [3.63, 3.8) is 0 Å². The molecule has 1 aromatic carbocycles. The van der Waals surface area contributed by atoms with Crippen molar-refractivity contribution in [3.05, 3.63) is 35.4 Å². The number of nitrogens with zero attached hydrogens (tertiary/aromatic N) is 5. The first-order valence-electron chi connectivity index (χ1n) is 18.9. The zero-order valence-electron chi connectivity index (χ0n) is 31.2. The molecular weight excluding hydrogens is 638 g/mol. The second kappa shape index (κ2) is 18.3. The second-order valence-electron chi connectivity index (χ2n) is 16.3. The number of hydrogen-bond acceptors (Lipinski definition) is 6. The lowest BCUT2D eigenvalue weighted by molar-refractivity contribution is -0.146. The van der Waals surface area contributed by atoms with Crippen LogP contribution in [0.2, 0.25) is 5.02 Å². The van der Waals surface area contributed by atoms with Crippen LogP contribution in [0.15, 0.2) is 30.3 Å². The van der Waals surface area contributed by atoms with Crippen molar-refractivity contribution < 1.29 is 19.1 Å². The van der Waals surface area contributed by atoms with Crippen LogP contribution in [0.4, 0.5) is 0 Å². The summed E-state index contributed by atoms with van der Waals surface area (Å²) >= 11 is 5.54. The Morgan fingerprint density at radius 3 is 2.02 bits per heavy atom. The maximum absolute atomic E-state index is 13.9. The molecule has 49 heavy (non-hydrogen) atoms. The number of rotatable bonds is 6. The molecule has 0 aromatic heterocycles. The smallest absolute Gasteiger partial charge is 0.245 e. The van der Waals surface area contributed by atoms with E-state index in [1.807, 2.05) is 45.0 Å². The molecule has 6 rings (SSSR count). The van der Waals surface area contributed by atoms with E-state index in [1.54, 1.807) is 0 Å². The maximum Gasteiger partial charge on any atom is 0.245 e. The summed E-state index contributed by atoms with van der Waals surface area (Å²) in [6, 6.07) is 9.10. The minimum atomic E-state index is -0.461. The Bertz CT molecular complexity index is 1160. The monoisotopic (exact) mass is 701 g/mol. The Hall–Kier alpha value is -2.20. The van der Waals surface area contributed by atoms with Crippen LogP contribution in [-0.4, -0.2) is 132 Å². The minimum absolute atomic E-state index is 0.0276. The van der Waals surface area contributed by atoms with Crippen molar-refractivity contribution in [2.24, 2.45) is 11.3 Å². The largest absolute Gasteiger partial charge is 0.381 e. The maximum atomic E-state index is 13.9. The highest BCUT2D eigenvalue weighted by molar-refractivity contribution is 6.30. The van der Waals surface area contributed by atoms with Gasteiger partial charge in [0.2, 0.25) is 18.2 Å². The first-order valence-corrected chi connectivity index (χ1v) is 19.3. The molecule has 0 N–H and O–H groups in total. The van der Waals surface area contributed by atoms with E-state index in [1.165, 1.54) is 12.8 Å². The van der Waals surface area contributed by atoms with Gasteiger partial charge >= 0.3 is 0 Å². The van der Waals surface area contributed by atoms with Gasteiger partial charge in [-0.05, 0) is 103 Å². The van der Waals surface area contributed by atoms with Gasteiger partial charge in [-0.25, -0.2) is 0 Å². The molecule has 4 saturated heterocycles. The number of likely N-dealkylation sites (tertiary alicyclic amines) is 2. The van der Waals surface area contributed by atoms with Crippen molar-refractivity contribution >= 4 is 29.8 Å². The van der Waals surface area contributed by atoms with E-state index in [0.29, 0.717) is 31.5 Å². The Morgan fingerprint density at radius 1 is 0.918 bits per heavy atom. The molecule has 1 aliphatic carbocycles. The summed E-state index contributed by atoms with van der Waals surface area (Å²) in [6.07, 6.45) is 9.15. The zero-order chi connectivity index (χ0) is 35.6. The molecule has 10 heteroatoms. The van der Waals surface area contributed by atoms with Crippen molar-refractivity contribution in [1.82, 2.24) is 24.5 Å². The molecule has 1 saturated carbocycles. The summed E-state index contributed by atoms with van der Waals surface area (Å²) in [5.41, 5.74) is 0.350. The number of likely N-dealkylation sites (N-methyl/N-ethyl adjacent to an activating group) is 1. The standard InChI is InChI=1S/C29H51N5O3.C6H5Cl.C4H8O/c1-7-30-14-16-31(17-15-30)27(37)25-18-24(34(21-35)23-8-11-29(5,6)12-9-23)20-33(25)26(36)22-10-13-32(19-22)28(2,3)4;7-6-4-2-1-3-5-6;1-2-4-5-3-1/h21-25H,7-20H2,1-6H3;1-5H;1-4H2. The third kappa shape index (κ3) is 11.4. The molecule has 0 spiro atoms. The Morgan fingerprint density at radius 2 is 1.55 bits per heavy atom. The summed E-state index contributed by atoms with van der Waals surface area (Å²) in [7, 11) is 0. The van der Waals surface area contributed by atoms with Gasteiger partial charge in [0.25, 0.3) is 0 Å². The van der Waals surface area contributed by atoms with Crippen LogP contribution in [0.25, 0.3) is 0 Å². The molecule has 5 aliphatic rings. The van der Waals surface area contributed by atoms with Gasteiger partial charge in [-0.3, -0.25) is 19.3 Å². The number of halogens is 1. The highest BCUT2D eigenvalue weighted by Gasteiger charge is 2.47. The molecule has 0 radical (unpaired) electrons. The van der Waals surface area contributed by atoms with Gasteiger partial charge < -0.3 is 24.3 Å². The number of piperazine rings is 1. The van der Waals surface area contributed by atoms with Gasteiger partial charge in [-0.2, -0.15) is 0 Å². The fourth-order valence-electron chi connectivity index (χ4n) is 7.89. The van der Waals surface area contributed by atoms with E-state index in [-0.39, 0.29) is 35.4 Å². The normalized spacial score (nSPS) is 26.4. The van der Waals surface area contributed by atoms with E-state index in [2.05, 4.69) is 51.3 Å². The number of ether oxygens (including phenoxy) is 1. The van der Waals surface area contributed by atoms with Crippen LogP contribution in [0.1, 0.15) is 92.9 Å². The van der Waals surface area contributed by atoms with Gasteiger partial charge in [0, 0.05) is 69.1 Å². The third-order valence-electron chi connectivity index (χ3n) is 11.3. The lowest BCUT2D eigenvalue weighted by Gasteiger charge is -2.41. The molecule has 9 nitrogen and oxygen atoms in total. The third-order valence-corrected chi connectivity index (χ3v) is 11.6. The van der Waals surface area contributed by atoms with Crippen LogP contribution in [0.5, 0.6) is 0 Å². The molecule has 4 heterocycles. The van der Waals surface area contributed by atoms with Gasteiger partial charge in [0.1, 0.15) is 6.04 Å². The minimum Gasteiger partial charge on any atom is -0.381 e. The molecule has 4 aliphatic heterocycles. The predicted molar refractivity (Wildman–Crippen MR) is 197 cm³/mol. The van der Waals surface area contributed by atoms with Crippen molar-refractivity contribution in [2.45, 2.75) is 117 Å². The van der Waals surface area contributed by atoms with Crippen LogP contribution in [0, 0.1) is 11.3 Å².